The van der Waals surface area contributed by atoms with Crippen LogP contribution in [0, 0.1) is 16.7 Å². The van der Waals surface area contributed by atoms with E-state index in [2.05, 4.69) is 0 Å². The van der Waals surface area contributed by atoms with E-state index in [-0.39, 0.29) is 6.61 Å². The largest absolute Gasteiger partial charge is 0.497 e. The van der Waals surface area contributed by atoms with Crippen molar-refractivity contribution in [3.63, 3.8) is 0 Å². The molecule has 0 fully saturated rings. The Balaban J connectivity index is 2.31. The SMILES string of the molecule is CCOC(=O)C(C#N)(CC(=O)c1ccc(OC)cc1)CC(=O)c1ccc(OC)cc1. The molecule has 0 aliphatic carbocycles. The van der Waals surface area contributed by atoms with E-state index in [1.165, 1.54) is 14.2 Å². The first-order valence-corrected chi connectivity index (χ1v) is 9.32. The number of nitriles is 1. The van der Waals surface area contributed by atoms with Gasteiger partial charge in [-0.05, 0) is 55.5 Å². The van der Waals surface area contributed by atoms with Crippen LogP contribution in [0.5, 0.6) is 11.5 Å². The molecule has 0 saturated heterocycles. The highest BCUT2D eigenvalue weighted by Gasteiger charge is 2.44. The predicted octanol–water partition coefficient (Wildman–Crippen LogP) is 3.62. The van der Waals surface area contributed by atoms with Crippen molar-refractivity contribution in [2.75, 3.05) is 20.8 Å². The van der Waals surface area contributed by atoms with Crippen LogP contribution >= 0.6 is 0 Å². The van der Waals surface area contributed by atoms with Gasteiger partial charge < -0.3 is 14.2 Å². The number of carbonyl (C=O) groups excluding carboxylic acids is 3. The van der Waals surface area contributed by atoms with Gasteiger partial charge in [0, 0.05) is 24.0 Å². The number of esters is 1. The van der Waals surface area contributed by atoms with Crippen LogP contribution in [-0.4, -0.2) is 38.4 Å². The molecule has 0 unspecified atom stereocenters. The number of ether oxygens (including phenoxy) is 3. The molecule has 0 heterocycles. The minimum absolute atomic E-state index is 0.0235. The average Bonchev–Trinajstić information content (AvgIpc) is 2.78. The number of methoxy groups -OCH3 is 2. The van der Waals surface area contributed by atoms with Crippen molar-refractivity contribution in [3.8, 4) is 17.6 Å². The van der Waals surface area contributed by atoms with Gasteiger partial charge in [-0.25, -0.2) is 0 Å². The Morgan fingerprint density at radius 1 is 0.833 bits per heavy atom. The van der Waals surface area contributed by atoms with Crippen molar-refractivity contribution in [2.45, 2.75) is 19.8 Å². The van der Waals surface area contributed by atoms with Gasteiger partial charge >= 0.3 is 5.97 Å². The van der Waals surface area contributed by atoms with Gasteiger partial charge in [-0.3, -0.25) is 14.4 Å². The zero-order valence-corrected chi connectivity index (χ0v) is 17.1. The molecule has 0 atom stereocenters. The quantitative estimate of drug-likeness (QED) is 0.436. The van der Waals surface area contributed by atoms with Crippen molar-refractivity contribution in [1.82, 2.24) is 0 Å². The summed E-state index contributed by atoms with van der Waals surface area (Å²) < 4.78 is 15.2. The fraction of sp³-hybridized carbons (Fsp3) is 0.304. The first-order chi connectivity index (χ1) is 14.4. The third-order valence-electron chi connectivity index (χ3n) is 4.63. The summed E-state index contributed by atoms with van der Waals surface area (Å²) in [5, 5.41) is 9.83. The number of carbonyl (C=O) groups is 3. The van der Waals surface area contributed by atoms with Crippen LogP contribution in [0.2, 0.25) is 0 Å². The highest BCUT2D eigenvalue weighted by atomic mass is 16.5. The molecule has 2 aromatic rings. The molecule has 0 bridgehead atoms. The third kappa shape index (κ3) is 5.23. The molecule has 0 radical (unpaired) electrons. The van der Waals surface area contributed by atoms with E-state index in [0.717, 1.165) is 0 Å². The summed E-state index contributed by atoms with van der Waals surface area (Å²) in [5.41, 5.74) is -1.32. The summed E-state index contributed by atoms with van der Waals surface area (Å²) in [6.07, 6.45) is -0.951. The van der Waals surface area contributed by atoms with Gasteiger partial charge in [-0.2, -0.15) is 5.26 Å². The summed E-state index contributed by atoms with van der Waals surface area (Å²) in [7, 11) is 3.01. The van der Waals surface area contributed by atoms with Gasteiger partial charge in [-0.1, -0.05) is 0 Å². The number of nitrogens with zero attached hydrogens (tertiary/aromatic N) is 1. The van der Waals surface area contributed by atoms with Crippen molar-refractivity contribution in [2.24, 2.45) is 5.41 Å². The van der Waals surface area contributed by atoms with Crippen molar-refractivity contribution in [3.05, 3.63) is 59.7 Å². The van der Waals surface area contributed by atoms with Crippen LogP contribution in [0.4, 0.5) is 0 Å². The Labute approximate surface area is 175 Å². The number of benzene rings is 2. The molecule has 156 valence electrons. The lowest BCUT2D eigenvalue weighted by Crippen LogP contribution is -2.36. The molecule has 2 aromatic carbocycles. The Kier molecular flexibility index (Phi) is 7.70. The predicted molar refractivity (Wildman–Crippen MR) is 109 cm³/mol. The van der Waals surface area contributed by atoms with Crippen LogP contribution in [0.25, 0.3) is 0 Å². The molecule has 0 saturated carbocycles. The smallest absolute Gasteiger partial charge is 0.327 e. The van der Waals surface area contributed by atoms with Gasteiger partial charge in [0.2, 0.25) is 0 Å². The lowest BCUT2D eigenvalue weighted by atomic mass is 9.77. The van der Waals surface area contributed by atoms with Crippen LogP contribution in [-0.2, 0) is 9.53 Å². The highest BCUT2D eigenvalue weighted by molar-refractivity contribution is 6.04. The minimum atomic E-state index is -1.93. The van der Waals surface area contributed by atoms with Crippen molar-refractivity contribution in [1.29, 1.82) is 5.26 Å². The minimum Gasteiger partial charge on any atom is -0.497 e. The number of rotatable bonds is 10. The number of hydrogen-bond donors (Lipinski definition) is 0. The normalized spacial score (nSPS) is 10.6. The molecule has 0 N–H and O–H groups in total. The molecule has 0 aromatic heterocycles. The zero-order valence-electron chi connectivity index (χ0n) is 17.1. The first kappa shape index (κ1) is 22.6. The zero-order chi connectivity index (χ0) is 22.1. The lowest BCUT2D eigenvalue weighted by Gasteiger charge is -2.23. The van der Waals surface area contributed by atoms with E-state index in [4.69, 9.17) is 14.2 Å². The Morgan fingerprint density at radius 2 is 1.23 bits per heavy atom. The van der Waals surface area contributed by atoms with E-state index in [0.29, 0.717) is 22.6 Å². The van der Waals surface area contributed by atoms with Crippen LogP contribution in [0.15, 0.2) is 48.5 Å². The van der Waals surface area contributed by atoms with E-state index in [1.807, 2.05) is 6.07 Å². The maximum atomic E-state index is 12.8. The standard InChI is InChI=1S/C23H23NO6/c1-4-30-22(27)23(15-24,13-20(25)16-5-9-18(28-2)10-6-16)14-21(26)17-7-11-19(29-3)12-8-17/h5-12H,4,13-14H2,1-3H3. The summed E-state index contributed by atoms with van der Waals surface area (Å²) in [4.78, 5) is 38.2. The summed E-state index contributed by atoms with van der Waals surface area (Å²) >= 11 is 0. The van der Waals surface area contributed by atoms with Crippen LogP contribution in [0.1, 0.15) is 40.5 Å². The summed E-state index contributed by atoms with van der Waals surface area (Å²) in [6.45, 7) is 1.62. The molecule has 0 amide bonds. The van der Waals surface area contributed by atoms with Crippen molar-refractivity contribution < 1.29 is 28.6 Å². The monoisotopic (exact) mass is 409 g/mol. The van der Waals surface area contributed by atoms with Gasteiger partial charge in [-0.15, -0.1) is 0 Å². The van der Waals surface area contributed by atoms with Gasteiger partial charge in [0.05, 0.1) is 26.9 Å². The molecule has 7 nitrogen and oxygen atoms in total. The molecule has 0 aliphatic heterocycles. The average molecular weight is 409 g/mol. The Hall–Kier alpha value is -3.66. The molecule has 2 rings (SSSR count). The van der Waals surface area contributed by atoms with Gasteiger partial charge in [0.1, 0.15) is 11.5 Å². The van der Waals surface area contributed by atoms with E-state index in [9.17, 15) is 19.6 Å². The van der Waals surface area contributed by atoms with E-state index >= 15 is 0 Å². The number of hydrogen-bond acceptors (Lipinski definition) is 7. The van der Waals surface area contributed by atoms with Crippen molar-refractivity contribution >= 4 is 17.5 Å². The molecule has 0 aliphatic rings. The first-order valence-electron chi connectivity index (χ1n) is 9.32. The Bertz CT molecular complexity index is 880. The second-order valence-electron chi connectivity index (χ2n) is 6.57. The Morgan fingerprint density at radius 3 is 1.53 bits per heavy atom. The number of Topliss-reactive ketones (excluding diaryl/α,β-unsaturated/α-hetero) is 2. The highest BCUT2D eigenvalue weighted by Crippen LogP contribution is 2.32. The van der Waals surface area contributed by atoms with E-state index in [1.54, 1.807) is 55.5 Å². The fourth-order valence-electron chi connectivity index (χ4n) is 2.91. The fourth-order valence-corrected chi connectivity index (χ4v) is 2.91. The summed E-state index contributed by atoms with van der Waals surface area (Å²) in [6, 6.07) is 14.5. The van der Waals surface area contributed by atoms with E-state index < -0.39 is 35.8 Å². The molecular formula is C23H23NO6. The number of ketones is 2. The molecule has 30 heavy (non-hydrogen) atoms. The lowest BCUT2D eigenvalue weighted by molar-refractivity contribution is -0.151. The van der Waals surface area contributed by atoms with Gasteiger partial charge in [0.25, 0.3) is 0 Å². The second kappa shape index (κ2) is 10.2. The van der Waals surface area contributed by atoms with Gasteiger partial charge in [0.15, 0.2) is 17.0 Å². The third-order valence-corrected chi connectivity index (χ3v) is 4.63. The topological polar surface area (TPSA) is 103 Å². The molecule has 0 spiro atoms. The second-order valence-corrected chi connectivity index (χ2v) is 6.57. The van der Waals surface area contributed by atoms with Crippen LogP contribution < -0.4 is 9.47 Å². The summed E-state index contributed by atoms with van der Waals surface area (Å²) in [5.74, 6) is -0.655. The maximum absolute atomic E-state index is 12.8. The molecule has 7 heteroatoms. The molecular weight excluding hydrogens is 386 g/mol. The maximum Gasteiger partial charge on any atom is 0.327 e. The van der Waals surface area contributed by atoms with Crippen LogP contribution in [0.3, 0.4) is 0 Å².